The summed E-state index contributed by atoms with van der Waals surface area (Å²) >= 11 is 0. The van der Waals surface area contributed by atoms with E-state index in [-0.39, 0.29) is 24.4 Å². The first-order valence-electron chi connectivity index (χ1n) is 9.66. The zero-order valence-corrected chi connectivity index (χ0v) is 15.5. The van der Waals surface area contributed by atoms with Crippen molar-refractivity contribution in [3.63, 3.8) is 0 Å². The van der Waals surface area contributed by atoms with Gasteiger partial charge in [0.15, 0.2) is 0 Å². The number of nitrogens with one attached hydrogen (secondary N) is 3. The molecule has 0 bridgehead atoms. The number of amides is 2. The van der Waals surface area contributed by atoms with E-state index in [1.165, 1.54) is 19.3 Å². The Balaban J connectivity index is 1.46. The summed E-state index contributed by atoms with van der Waals surface area (Å²) in [6.07, 6.45) is 5.75. The molecule has 1 fully saturated rings. The Kier molecular flexibility index (Phi) is 6.85. The van der Waals surface area contributed by atoms with E-state index in [1.807, 2.05) is 42.5 Å². The van der Waals surface area contributed by atoms with E-state index in [0.29, 0.717) is 12.1 Å². The maximum absolute atomic E-state index is 12.4. The van der Waals surface area contributed by atoms with Crippen molar-refractivity contribution < 1.29 is 9.59 Å². The Morgan fingerprint density at radius 2 is 1.70 bits per heavy atom. The quantitative estimate of drug-likeness (QED) is 0.703. The van der Waals surface area contributed by atoms with Gasteiger partial charge in [-0.15, -0.1) is 0 Å². The van der Waals surface area contributed by atoms with Crippen LogP contribution in [0.25, 0.3) is 0 Å². The van der Waals surface area contributed by atoms with Gasteiger partial charge in [-0.2, -0.15) is 0 Å². The average molecular weight is 365 g/mol. The van der Waals surface area contributed by atoms with Gasteiger partial charge in [0.1, 0.15) is 0 Å². The smallest absolute Gasteiger partial charge is 0.251 e. The minimum Gasteiger partial charge on any atom is -0.376 e. The molecule has 0 unspecified atom stereocenters. The Morgan fingerprint density at radius 1 is 0.926 bits per heavy atom. The minimum atomic E-state index is -0.0871. The molecule has 3 rings (SSSR count). The maximum atomic E-state index is 12.4. The van der Waals surface area contributed by atoms with Crippen LogP contribution in [-0.4, -0.2) is 24.4 Å². The van der Waals surface area contributed by atoms with Gasteiger partial charge in [-0.1, -0.05) is 55.7 Å². The summed E-state index contributed by atoms with van der Waals surface area (Å²) in [4.78, 5) is 24.5. The van der Waals surface area contributed by atoms with Crippen LogP contribution in [-0.2, 0) is 11.3 Å². The summed E-state index contributed by atoms with van der Waals surface area (Å²) in [6, 6.07) is 17.4. The normalized spacial score (nSPS) is 14.4. The van der Waals surface area contributed by atoms with Crippen molar-refractivity contribution in [3.8, 4) is 0 Å². The molecule has 0 atom stereocenters. The highest BCUT2D eigenvalue weighted by Crippen LogP contribution is 2.18. The molecule has 142 valence electrons. The molecule has 0 saturated heterocycles. The zero-order chi connectivity index (χ0) is 18.9. The van der Waals surface area contributed by atoms with Crippen LogP contribution in [0.15, 0.2) is 54.6 Å². The van der Waals surface area contributed by atoms with Gasteiger partial charge in [-0.3, -0.25) is 9.59 Å². The maximum Gasteiger partial charge on any atom is 0.251 e. The number of hydrogen-bond donors (Lipinski definition) is 3. The first kappa shape index (κ1) is 19.0. The number of hydrogen-bond acceptors (Lipinski definition) is 3. The van der Waals surface area contributed by atoms with Crippen molar-refractivity contribution >= 4 is 17.5 Å². The SMILES string of the molecule is O=C(CNc1cccc(C(=O)NC2CCCCC2)c1)NCc1ccccc1. The first-order valence-corrected chi connectivity index (χ1v) is 9.66. The lowest BCUT2D eigenvalue weighted by Gasteiger charge is -2.22. The van der Waals surface area contributed by atoms with Crippen LogP contribution >= 0.6 is 0 Å². The van der Waals surface area contributed by atoms with Gasteiger partial charge in [0, 0.05) is 23.8 Å². The Bertz CT molecular complexity index is 755. The van der Waals surface area contributed by atoms with Crippen molar-refractivity contribution in [2.75, 3.05) is 11.9 Å². The van der Waals surface area contributed by atoms with Crippen molar-refractivity contribution in [1.29, 1.82) is 0 Å². The molecular weight excluding hydrogens is 338 g/mol. The Labute approximate surface area is 160 Å². The van der Waals surface area contributed by atoms with Crippen LogP contribution in [0, 0.1) is 0 Å². The predicted molar refractivity (Wildman–Crippen MR) is 108 cm³/mol. The third-order valence-electron chi connectivity index (χ3n) is 4.85. The fourth-order valence-electron chi connectivity index (χ4n) is 3.33. The molecule has 5 nitrogen and oxygen atoms in total. The molecule has 0 aliphatic heterocycles. The van der Waals surface area contributed by atoms with E-state index in [9.17, 15) is 9.59 Å². The minimum absolute atomic E-state index is 0.0425. The largest absolute Gasteiger partial charge is 0.376 e. The summed E-state index contributed by atoms with van der Waals surface area (Å²) in [5.41, 5.74) is 2.45. The monoisotopic (exact) mass is 365 g/mol. The van der Waals surface area contributed by atoms with E-state index in [2.05, 4.69) is 16.0 Å². The number of carbonyl (C=O) groups excluding carboxylic acids is 2. The number of anilines is 1. The fraction of sp³-hybridized carbons (Fsp3) is 0.364. The molecule has 1 aliphatic carbocycles. The second-order valence-electron chi connectivity index (χ2n) is 7.01. The van der Waals surface area contributed by atoms with E-state index >= 15 is 0 Å². The van der Waals surface area contributed by atoms with E-state index in [0.717, 1.165) is 24.1 Å². The van der Waals surface area contributed by atoms with Gasteiger partial charge in [0.05, 0.1) is 6.54 Å². The van der Waals surface area contributed by atoms with Crippen molar-refractivity contribution in [2.45, 2.75) is 44.7 Å². The molecule has 0 spiro atoms. The summed E-state index contributed by atoms with van der Waals surface area (Å²) in [5, 5.41) is 9.09. The second-order valence-corrected chi connectivity index (χ2v) is 7.01. The molecule has 2 aromatic rings. The first-order chi connectivity index (χ1) is 13.2. The van der Waals surface area contributed by atoms with Crippen LogP contribution in [0.1, 0.15) is 48.0 Å². The number of benzene rings is 2. The summed E-state index contributed by atoms with van der Waals surface area (Å²) in [5.74, 6) is -0.130. The van der Waals surface area contributed by atoms with Gasteiger partial charge in [-0.25, -0.2) is 0 Å². The van der Waals surface area contributed by atoms with Crippen LogP contribution in [0.3, 0.4) is 0 Å². The van der Waals surface area contributed by atoms with Crippen LogP contribution in [0.2, 0.25) is 0 Å². The molecule has 3 N–H and O–H groups in total. The molecule has 27 heavy (non-hydrogen) atoms. The molecule has 0 heterocycles. The van der Waals surface area contributed by atoms with Crippen LogP contribution < -0.4 is 16.0 Å². The second kappa shape index (κ2) is 9.76. The number of rotatable bonds is 7. The molecule has 1 aliphatic rings. The fourth-order valence-corrected chi connectivity index (χ4v) is 3.33. The standard InChI is InChI=1S/C22H27N3O2/c26-21(24-15-17-8-3-1-4-9-17)16-23-20-13-7-10-18(14-20)22(27)25-19-11-5-2-6-12-19/h1,3-4,7-10,13-14,19,23H,2,5-6,11-12,15-16H2,(H,24,26)(H,25,27). The molecule has 1 saturated carbocycles. The molecule has 5 heteroatoms. The molecular formula is C22H27N3O2. The highest BCUT2D eigenvalue weighted by atomic mass is 16.2. The lowest BCUT2D eigenvalue weighted by Crippen LogP contribution is -2.36. The predicted octanol–water partition coefficient (Wildman–Crippen LogP) is 3.48. The lowest BCUT2D eigenvalue weighted by atomic mass is 9.95. The third kappa shape index (κ3) is 6.13. The van der Waals surface area contributed by atoms with E-state index < -0.39 is 0 Å². The van der Waals surface area contributed by atoms with Crippen molar-refractivity contribution in [3.05, 3.63) is 65.7 Å². The Hall–Kier alpha value is -2.82. The third-order valence-corrected chi connectivity index (χ3v) is 4.85. The summed E-state index contributed by atoms with van der Waals surface area (Å²) in [6.45, 7) is 0.672. The topological polar surface area (TPSA) is 70.2 Å². The van der Waals surface area contributed by atoms with Gasteiger partial charge in [0.2, 0.25) is 5.91 Å². The summed E-state index contributed by atoms with van der Waals surface area (Å²) in [7, 11) is 0. The van der Waals surface area contributed by atoms with E-state index in [4.69, 9.17) is 0 Å². The highest BCUT2D eigenvalue weighted by molar-refractivity contribution is 5.95. The van der Waals surface area contributed by atoms with Gasteiger partial charge >= 0.3 is 0 Å². The molecule has 0 radical (unpaired) electrons. The van der Waals surface area contributed by atoms with Gasteiger partial charge in [-0.05, 0) is 36.6 Å². The van der Waals surface area contributed by atoms with Gasteiger partial charge < -0.3 is 16.0 Å². The number of carbonyl (C=O) groups is 2. The van der Waals surface area contributed by atoms with Crippen molar-refractivity contribution in [1.82, 2.24) is 10.6 Å². The molecule has 2 aromatic carbocycles. The van der Waals surface area contributed by atoms with Crippen LogP contribution in [0.5, 0.6) is 0 Å². The Morgan fingerprint density at radius 3 is 2.48 bits per heavy atom. The van der Waals surface area contributed by atoms with Crippen molar-refractivity contribution in [2.24, 2.45) is 0 Å². The summed E-state index contributed by atoms with van der Waals surface area (Å²) < 4.78 is 0. The molecule has 0 aromatic heterocycles. The lowest BCUT2D eigenvalue weighted by molar-refractivity contribution is -0.119. The van der Waals surface area contributed by atoms with Crippen LogP contribution in [0.4, 0.5) is 5.69 Å². The zero-order valence-electron chi connectivity index (χ0n) is 15.5. The van der Waals surface area contributed by atoms with Gasteiger partial charge in [0.25, 0.3) is 5.91 Å². The molecule has 2 amide bonds. The average Bonchev–Trinajstić information content (AvgIpc) is 2.72. The highest BCUT2D eigenvalue weighted by Gasteiger charge is 2.16. The van der Waals surface area contributed by atoms with E-state index in [1.54, 1.807) is 12.1 Å².